The van der Waals surface area contributed by atoms with Gasteiger partial charge in [0, 0.05) is 24.7 Å². The second-order valence-corrected chi connectivity index (χ2v) is 9.75. The highest BCUT2D eigenvalue weighted by molar-refractivity contribution is 5.75. The van der Waals surface area contributed by atoms with Gasteiger partial charge >= 0.3 is 5.97 Å². The summed E-state index contributed by atoms with van der Waals surface area (Å²) in [6.45, 7) is 5.38. The van der Waals surface area contributed by atoms with Crippen molar-refractivity contribution >= 4 is 17.6 Å². The largest absolute Gasteiger partial charge is 0.497 e. The third kappa shape index (κ3) is 5.85. The van der Waals surface area contributed by atoms with E-state index >= 15 is 0 Å². The number of methoxy groups -OCH3 is 5. The van der Waals surface area contributed by atoms with Crippen LogP contribution in [0.3, 0.4) is 0 Å². The fraction of sp³-hybridized carbons (Fsp3) is 0.433. The van der Waals surface area contributed by atoms with Gasteiger partial charge in [0.15, 0.2) is 23.1 Å². The monoisotopic (exact) mass is 550 g/mol. The predicted octanol–water partition coefficient (Wildman–Crippen LogP) is 4.81. The van der Waals surface area contributed by atoms with E-state index in [1.54, 1.807) is 34.6 Å². The number of nitrogens with zero attached hydrogens (tertiary/aromatic N) is 3. The van der Waals surface area contributed by atoms with Crippen LogP contribution in [0.5, 0.6) is 23.0 Å². The molecule has 1 aliphatic rings. The zero-order chi connectivity index (χ0) is 28.8. The highest BCUT2D eigenvalue weighted by atomic mass is 16.5. The van der Waals surface area contributed by atoms with Crippen LogP contribution in [0.25, 0.3) is 11.3 Å². The molecule has 1 saturated heterocycles. The quantitative estimate of drug-likeness (QED) is 0.354. The summed E-state index contributed by atoms with van der Waals surface area (Å²) in [5, 5.41) is 3.47. The summed E-state index contributed by atoms with van der Waals surface area (Å²) in [6.07, 6.45) is 2.39. The number of anilines is 2. The van der Waals surface area contributed by atoms with E-state index in [-0.39, 0.29) is 23.8 Å². The number of esters is 1. The number of aromatic nitrogens is 2. The summed E-state index contributed by atoms with van der Waals surface area (Å²) in [6, 6.07) is 11.6. The van der Waals surface area contributed by atoms with Gasteiger partial charge < -0.3 is 33.9 Å². The molecule has 0 saturated carbocycles. The standard InChI is InChI=1S/C30H38N4O6/c1-18-19(2)34(13-12-23(18)30(35)40-7)29-28(31-16-20-8-10-22(36-3)11-9-20)32-17-24(33-29)21-14-25(37-4)27(39-6)26(15-21)38-5/h8-11,14-15,17-19,23H,12-13,16H2,1-7H3,(H,31,32)/t18-,19+,23+/m0/s1. The van der Waals surface area contributed by atoms with Gasteiger partial charge in [-0.3, -0.25) is 4.79 Å². The van der Waals surface area contributed by atoms with Gasteiger partial charge in [-0.25, -0.2) is 9.97 Å². The Bertz CT molecular complexity index is 1290. The molecule has 4 rings (SSSR count). The summed E-state index contributed by atoms with van der Waals surface area (Å²) < 4.78 is 27.0. The second-order valence-electron chi connectivity index (χ2n) is 9.75. The van der Waals surface area contributed by atoms with E-state index in [2.05, 4.69) is 24.1 Å². The molecule has 2 heterocycles. The molecule has 1 aliphatic heterocycles. The van der Waals surface area contributed by atoms with Crippen LogP contribution in [0, 0.1) is 11.8 Å². The molecule has 3 atom stereocenters. The van der Waals surface area contributed by atoms with Crippen LogP contribution in [0.1, 0.15) is 25.8 Å². The number of hydrogen-bond donors (Lipinski definition) is 1. The number of hydrogen-bond acceptors (Lipinski definition) is 10. The van der Waals surface area contributed by atoms with E-state index < -0.39 is 0 Å². The molecule has 1 fully saturated rings. The van der Waals surface area contributed by atoms with Crippen molar-refractivity contribution in [3.05, 3.63) is 48.2 Å². The number of ether oxygens (including phenoxy) is 5. The fourth-order valence-corrected chi connectivity index (χ4v) is 5.15. The van der Waals surface area contributed by atoms with E-state index in [4.69, 9.17) is 33.7 Å². The third-order valence-electron chi connectivity index (χ3n) is 7.68. The summed E-state index contributed by atoms with van der Waals surface area (Å²) in [4.78, 5) is 24.6. The number of carbonyl (C=O) groups is 1. The first-order valence-corrected chi connectivity index (χ1v) is 13.2. The van der Waals surface area contributed by atoms with Gasteiger partial charge in [0.2, 0.25) is 5.75 Å². The van der Waals surface area contributed by atoms with E-state index in [0.717, 1.165) is 16.9 Å². The highest BCUT2D eigenvalue weighted by Gasteiger charge is 2.38. The van der Waals surface area contributed by atoms with Crippen molar-refractivity contribution in [2.24, 2.45) is 11.8 Å². The molecule has 1 aromatic heterocycles. The maximum atomic E-state index is 12.4. The summed E-state index contributed by atoms with van der Waals surface area (Å²) in [5.41, 5.74) is 2.50. The van der Waals surface area contributed by atoms with Crippen LogP contribution in [0.4, 0.5) is 11.6 Å². The summed E-state index contributed by atoms with van der Waals surface area (Å²) in [5.74, 6) is 3.45. The van der Waals surface area contributed by atoms with Crippen LogP contribution in [0.2, 0.25) is 0 Å². The first-order valence-electron chi connectivity index (χ1n) is 13.2. The van der Waals surface area contributed by atoms with Gasteiger partial charge in [-0.05, 0) is 49.1 Å². The lowest BCUT2D eigenvalue weighted by atomic mass is 9.81. The van der Waals surface area contributed by atoms with Crippen molar-refractivity contribution in [3.8, 4) is 34.3 Å². The Balaban J connectivity index is 1.73. The van der Waals surface area contributed by atoms with Crippen LogP contribution < -0.4 is 29.2 Å². The lowest BCUT2D eigenvalue weighted by Gasteiger charge is -2.42. The minimum Gasteiger partial charge on any atom is -0.497 e. The first-order chi connectivity index (χ1) is 19.3. The minimum absolute atomic E-state index is 0.0175. The van der Waals surface area contributed by atoms with Crippen molar-refractivity contribution in [1.82, 2.24) is 9.97 Å². The van der Waals surface area contributed by atoms with Gasteiger partial charge in [-0.1, -0.05) is 19.1 Å². The Morgan fingerprint density at radius 3 is 2.23 bits per heavy atom. The zero-order valence-corrected chi connectivity index (χ0v) is 24.2. The van der Waals surface area contributed by atoms with Gasteiger partial charge in [-0.15, -0.1) is 0 Å². The maximum absolute atomic E-state index is 12.4. The lowest BCUT2D eigenvalue weighted by molar-refractivity contribution is -0.148. The molecule has 0 unspecified atom stereocenters. The van der Waals surface area contributed by atoms with Crippen molar-refractivity contribution in [2.75, 3.05) is 52.3 Å². The molecule has 3 aromatic rings. The molecule has 0 bridgehead atoms. The summed E-state index contributed by atoms with van der Waals surface area (Å²) >= 11 is 0. The number of benzene rings is 2. The minimum atomic E-state index is -0.172. The highest BCUT2D eigenvalue weighted by Crippen LogP contribution is 2.42. The average Bonchev–Trinajstić information content (AvgIpc) is 3.00. The van der Waals surface area contributed by atoms with Crippen molar-refractivity contribution in [3.63, 3.8) is 0 Å². The van der Waals surface area contributed by atoms with Gasteiger partial charge in [-0.2, -0.15) is 0 Å². The molecule has 2 aromatic carbocycles. The molecule has 10 heteroatoms. The van der Waals surface area contributed by atoms with Crippen LogP contribution in [-0.4, -0.2) is 64.1 Å². The van der Waals surface area contributed by atoms with Gasteiger partial charge in [0.05, 0.1) is 53.4 Å². The normalized spacial score (nSPS) is 18.6. The first kappa shape index (κ1) is 28.8. The number of rotatable bonds is 10. The van der Waals surface area contributed by atoms with Crippen LogP contribution >= 0.6 is 0 Å². The van der Waals surface area contributed by atoms with Crippen molar-refractivity contribution in [1.29, 1.82) is 0 Å². The van der Waals surface area contributed by atoms with E-state index in [9.17, 15) is 4.79 Å². The smallest absolute Gasteiger partial charge is 0.309 e. The molecule has 0 spiro atoms. The Kier molecular flexibility index (Phi) is 9.19. The molecule has 214 valence electrons. The predicted molar refractivity (Wildman–Crippen MR) is 154 cm³/mol. The topological polar surface area (TPSA) is 104 Å². The SMILES string of the molecule is COC(=O)[C@@H]1CCN(c2nc(-c3cc(OC)c(OC)c(OC)c3)cnc2NCc2ccc(OC)cc2)[C@H](C)[C@@H]1C. The molecular weight excluding hydrogens is 512 g/mol. The van der Waals surface area contributed by atoms with Gasteiger partial charge in [0.25, 0.3) is 0 Å². The third-order valence-corrected chi connectivity index (χ3v) is 7.68. The zero-order valence-electron chi connectivity index (χ0n) is 24.2. The molecular formula is C30H38N4O6. The fourth-order valence-electron chi connectivity index (χ4n) is 5.15. The van der Waals surface area contributed by atoms with Crippen molar-refractivity contribution < 1.29 is 28.5 Å². The Morgan fingerprint density at radius 2 is 1.65 bits per heavy atom. The molecule has 0 radical (unpaired) electrons. The number of carbonyl (C=O) groups excluding carboxylic acids is 1. The van der Waals surface area contributed by atoms with E-state index in [1.807, 2.05) is 36.4 Å². The van der Waals surface area contributed by atoms with E-state index in [0.29, 0.717) is 54.1 Å². The summed E-state index contributed by atoms with van der Waals surface area (Å²) in [7, 11) is 7.83. The van der Waals surface area contributed by atoms with Gasteiger partial charge in [0.1, 0.15) is 5.75 Å². The Labute approximate surface area is 235 Å². The number of piperidine rings is 1. The van der Waals surface area contributed by atoms with Crippen LogP contribution in [0.15, 0.2) is 42.6 Å². The Hall–Kier alpha value is -4.21. The van der Waals surface area contributed by atoms with E-state index in [1.165, 1.54) is 7.11 Å². The maximum Gasteiger partial charge on any atom is 0.309 e. The molecule has 0 amide bonds. The second kappa shape index (κ2) is 12.8. The molecule has 1 N–H and O–H groups in total. The molecule has 40 heavy (non-hydrogen) atoms. The average molecular weight is 551 g/mol. The molecule has 0 aliphatic carbocycles. The molecule has 10 nitrogen and oxygen atoms in total. The van der Waals surface area contributed by atoms with Crippen LogP contribution in [-0.2, 0) is 16.1 Å². The Morgan fingerprint density at radius 1 is 0.975 bits per heavy atom. The van der Waals surface area contributed by atoms with Crippen molar-refractivity contribution in [2.45, 2.75) is 32.9 Å². The lowest BCUT2D eigenvalue weighted by Crippen LogP contribution is -2.49. The number of nitrogens with one attached hydrogen (secondary N) is 1.